The van der Waals surface area contributed by atoms with Gasteiger partial charge in [0.2, 0.25) is 0 Å². The first-order valence-electron chi connectivity index (χ1n) is 5.10. The highest BCUT2D eigenvalue weighted by Gasteiger charge is 2.12. The fraction of sp³-hybridized carbons (Fsp3) is 1.00. The Morgan fingerprint density at radius 2 is 1.91 bits per heavy atom. The van der Waals surface area contributed by atoms with E-state index in [1.807, 2.05) is 0 Å². The Balaban J connectivity index is 1.96. The molecule has 0 amide bonds. The van der Waals surface area contributed by atoms with Crippen LogP contribution in [-0.4, -0.2) is 12.6 Å². The van der Waals surface area contributed by atoms with Crippen LogP contribution in [0.15, 0.2) is 0 Å². The zero-order chi connectivity index (χ0) is 7.94. The molecule has 1 saturated carbocycles. The second-order valence-corrected chi connectivity index (χ2v) is 3.55. The second-order valence-electron chi connectivity index (χ2n) is 3.55. The van der Waals surface area contributed by atoms with Crippen molar-refractivity contribution in [1.82, 2.24) is 5.32 Å². The summed E-state index contributed by atoms with van der Waals surface area (Å²) in [6, 6.07) is 0.732. The summed E-state index contributed by atoms with van der Waals surface area (Å²) < 4.78 is 0. The van der Waals surface area contributed by atoms with Gasteiger partial charge in [-0.2, -0.15) is 0 Å². The van der Waals surface area contributed by atoms with Crippen molar-refractivity contribution >= 4 is 0 Å². The number of nitrogens with zero attached hydrogens (tertiary/aromatic N) is 1. The molecule has 1 nitrogen and oxygen atoms in total. The third-order valence-corrected chi connectivity index (χ3v) is 2.47. The number of unbranched alkanes of at least 4 members (excludes halogenated alkanes) is 1. The van der Waals surface area contributed by atoms with Crippen LogP contribution in [0.1, 0.15) is 51.9 Å². The van der Waals surface area contributed by atoms with Crippen LogP contribution in [-0.2, 0) is 0 Å². The van der Waals surface area contributed by atoms with Crippen LogP contribution in [0, 0.1) is 0 Å². The molecule has 11 heavy (non-hydrogen) atoms. The molecule has 0 aromatic rings. The van der Waals surface area contributed by atoms with Crippen molar-refractivity contribution in [1.29, 1.82) is 0 Å². The third-order valence-electron chi connectivity index (χ3n) is 2.47. The first-order chi connectivity index (χ1) is 5.43. The molecule has 1 fully saturated rings. The summed E-state index contributed by atoms with van der Waals surface area (Å²) in [6.07, 6.45) is 9.58. The highest BCUT2D eigenvalue weighted by molar-refractivity contribution is 4.70. The van der Waals surface area contributed by atoms with Gasteiger partial charge in [-0.1, -0.05) is 32.6 Å². The van der Waals surface area contributed by atoms with Crippen molar-refractivity contribution in [3.63, 3.8) is 0 Å². The van der Waals surface area contributed by atoms with Gasteiger partial charge in [-0.3, -0.25) is 0 Å². The van der Waals surface area contributed by atoms with Gasteiger partial charge in [0, 0.05) is 12.6 Å². The SMILES string of the molecule is CCCC[N]C1CCCCC1. The molecule has 0 bridgehead atoms. The van der Waals surface area contributed by atoms with Gasteiger partial charge in [-0.15, -0.1) is 0 Å². The molecule has 0 saturated heterocycles. The van der Waals surface area contributed by atoms with Gasteiger partial charge in [0.15, 0.2) is 0 Å². The summed E-state index contributed by atoms with van der Waals surface area (Å²) in [6.45, 7) is 3.34. The highest BCUT2D eigenvalue weighted by atomic mass is 14.9. The Bertz CT molecular complexity index is 84.9. The van der Waals surface area contributed by atoms with E-state index in [9.17, 15) is 0 Å². The molecule has 0 heterocycles. The van der Waals surface area contributed by atoms with Crippen LogP contribution >= 0.6 is 0 Å². The lowest BCUT2D eigenvalue weighted by molar-refractivity contribution is 0.366. The molecule has 0 unspecified atom stereocenters. The van der Waals surface area contributed by atoms with Crippen molar-refractivity contribution in [2.75, 3.05) is 6.54 Å². The average Bonchev–Trinajstić information content (AvgIpc) is 2.07. The lowest BCUT2D eigenvalue weighted by atomic mass is 9.95. The zero-order valence-corrected chi connectivity index (χ0v) is 7.68. The van der Waals surface area contributed by atoms with Crippen molar-refractivity contribution in [3.8, 4) is 0 Å². The van der Waals surface area contributed by atoms with Gasteiger partial charge in [0.1, 0.15) is 0 Å². The van der Waals surface area contributed by atoms with Crippen molar-refractivity contribution in [2.45, 2.75) is 57.9 Å². The number of hydrogen-bond acceptors (Lipinski definition) is 0. The zero-order valence-electron chi connectivity index (χ0n) is 7.68. The molecule has 1 heteroatoms. The van der Waals surface area contributed by atoms with Crippen molar-refractivity contribution in [3.05, 3.63) is 0 Å². The average molecular weight is 154 g/mol. The molecule has 0 spiro atoms. The van der Waals surface area contributed by atoms with E-state index in [1.54, 1.807) is 0 Å². The second kappa shape index (κ2) is 5.59. The maximum absolute atomic E-state index is 4.67. The Morgan fingerprint density at radius 3 is 2.55 bits per heavy atom. The van der Waals surface area contributed by atoms with Crippen molar-refractivity contribution in [2.24, 2.45) is 0 Å². The largest absolute Gasteiger partial charge is 0.238 e. The topological polar surface area (TPSA) is 14.1 Å². The predicted octanol–water partition coefficient (Wildman–Crippen LogP) is 2.72. The standard InChI is InChI=1S/C10H20N/c1-2-3-9-11-10-7-5-4-6-8-10/h10H,2-9H2,1H3. The highest BCUT2D eigenvalue weighted by Crippen LogP contribution is 2.17. The fourth-order valence-corrected chi connectivity index (χ4v) is 1.70. The normalized spacial score (nSPS) is 20.5. The molecular weight excluding hydrogens is 134 g/mol. The lowest BCUT2D eigenvalue weighted by Gasteiger charge is -2.20. The smallest absolute Gasteiger partial charge is 0.0246 e. The molecule has 0 atom stereocenters. The molecule has 1 radical (unpaired) electrons. The monoisotopic (exact) mass is 154 g/mol. The van der Waals surface area contributed by atoms with E-state index in [4.69, 9.17) is 0 Å². The maximum atomic E-state index is 4.67. The van der Waals surface area contributed by atoms with Crippen LogP contribution in [0.5, 0.6) is 0 Å². The fourth-order valence-electron chi connectivity index (χ4n) is 1.70. The van der Waals surface area contributed by atoms with Crippen LogP contribution in [0.2, 0.25) is 0 Å². The third kappa shape index (κ3) is 3.76. The van der Waals surface area contributed by atoms with Gasteiger partial charge in [-0.25, -0.2) is 5.32 Å². The van der Waals surface area contributed by atoms with Crippen LogP contribution < -0.4 is 5.32 Å². The summed E-state index contributed by atoms with van der Waals surface area (Å²) in [5.74, 6) is 0. The summed E-state index contributed by atoms with van der Waals surface area (Å²) in [5.41, 5.74) is 0. The van der Waals surface area contributed by atoms with E-state index < -0.39 is 0 Å². The summed E-state index contributed by atoms with van der Waals surface area (Å²) in [5, 5.41) is 4.67. The van der Waals surface area contributed by atoms with Gasteiger partial charge >= 0.3 is 0 Å². The molecule has 0 N–H and O–H groups in total. The number of hydrogen-bond donors (Lipinski definition) is 0. The maximum Gasteiger partial charge on any atom is 0.0246 e. The Labute approximate surface area is 70.6 Å². The van der Waals surface area contributed by atoms with Gasteiger partial charge in [0.05, 0.1) is 0 Å². The minimum atomic E-state index is 0.732. The molecule has 65 valence electrons. The molecule has 1 aliphatic rings. The van der Waals surface area contributed by atoms with E-state index >= 15 is 0 Å². The van der Waals surface area contributed by atoms with E-state index in [2.05, 4.69) is 12.2 Å². The Morgan fingerprint density at radius 1 is 1.18 bits per heavy atom. The van der Waals surface area contributed by atoms with Crippen molar-refractivity contribution < 1.29 is 0 Å². The summed E-state index contributed by atoms with van der Waals surface area (Å²) in [4.78, 5) is 0. The molecule has 0 aromatic heterocycles. The lowest BCUT2D eigenvalue weighted by Crippen LogP contribution is -2.25. The van der Waals surface area contributed by atoms with Gasteiger partial charge < -0.3 is 0 Å². The first kappa shape index (κ1) is 9.05. The molecule has 0 aromatic carbocycles. The quantitative estimate of drug-likeness (QED) is 0.553. The van der Waals surface area contributed by atoms with Crippen LogP contribution in [0.25, 0.3) is 0 Å². The van der Waals surface area contributed by atoms with Gasteiger partial charge in [0.25, 0.3) is 0 Å². The van der Waals surface area contributed by atoms with E-state index in [0.29, 0.717) is 0 Å². The molecule has 1 aliphatic carbocycles. The van der Waals surface area contributed by atoms with Crippen LogP contribution in [0.3, 0.4) is 0 Å². The van der Waals surface area contributed by atoms with E-state index in [0.717, 1.165) is 12.6 Å². The summed E-state index contributed by atoms with van der Waals surface area (Å²) in [7, 11) is 0. The van der Waals surface area contributed by atoms with E-state index in [-0.39, 0.29) is 0 Å². The first-order valence-corrected chi connectivity index (χ1v) is 5.10. The Hall–Kier alpha value is -0.0400. The predicted molar refractivity (Wildman–Crippen MR) is 48.8 cm³/mol. The molecule has 0 aliphatic heterocycles. The summed E-state index contributed by atoms with van der Waals surface area (Å²) >= 11 is 0. The minimum Gasteiger partial charge on any atom is -0.238 e. The Kier molecular flexibility index (Phi) is 4.60. The van der Waals surface area contributed by atoms with Gasteiger partial charge in [-0.05, 0) is 19.3 Å². The molecular formula is C10H20N. The van der Waals surface area contributed by atoms with Crippen LogP contribution in [0.4, 0.5) is 0 Å². The molecule has 1 rings (SSSR count). The number of rotatable bonds is 4. The van der Waals surface area contributed by atoms with E-state index in [1.165, 1.54) is 44.9 Å². The minimum absolute atomic E-state index is 0.732.